The lowest BCUT2D eigenvalue weighted by atomic mass is 9.95. The maximum Gasteiger partial charge on any atom is 0.217 e. The average Bonchev–Trinajstić information content (AvgIpc) is 2.75. The molecule has 2 N–H and O–H groups in total. The molecule has 9 heteroatoms. The van der Waals surface area contributed by atoms with E-state index in [0.29, 0.717) is 6.61 Å². The van der Waals surface area contributed by atoms with Crippen molar-refractivity contribution in [1.82, 2.24) is 5.32 Å². The molecule has 1 aromatic carbocycles. The Morgan fingerprint density at radius 1 is 1.16 bits per heavy atom. The van der Waals surface area contributed by atoms with Gasteiger partial charge in [-0.2, -0.15) is 0 Å². The predicted octanol–water partition coefficient (Wildman–Crippen LogP) is 2.16. The van der Waals surface area contributed by atoms with Gasteiger partial charge in [0, 0.05) is 31.8 Å². The number of rotatable bonds is 9. The Morgan fingerprint density at radius 3 is 2.65 bits per heavy atom. The molecule has 0 aromatic heterocycles. The van der Waals surface area contributed by atoms with E-state index in [0.717, 1.165) is 30.6 Å². The summed E-state index contributed by atoms with van der Waals surface area (Å²) in [6, 6.07) is 8.74. The van der Waals surface area contributed by atoms with Gasteiger partial charge >= 0.3 is 0 Å². The van der Waals surface area contributed by atoms with Gasteiger partial charge in [0.2, 0.25) is 5.91 Å². The first kappa shape index (κ1) is 24.2. The van der Waals surface area contributed by atoms with E-state index in [-0.39, 0.29) is 17.6 Å². The van der Waals surface area contributed by atoms with Crippen molar-refractivity contribution in [2.75, 3.05) is 19.0 Å². The van der Waals surface area contributed by atoms with E-state index in [1.807, 2.05) is 30.3 Å². The minimum Gasteiger partial charge on any atom is -0.388 e. The van der Waals surface area contributed by atoms with E-state index in [1.165, 1.54) is 18.7 Å². The highest BCUT2D eigenvalue weighted by atomic mass is 32.2. The summed E-state index contributed by atoms with van der Waals surface area (Å²) in [6.07, 6.45) is -0.943. The van der Waals surface area contributed by atoms with Crippen LogP contribution in [-0.4, -0.2) is 65.7 Å². The summed E-state index contributed by atoms with van der Waals surface area (Å²) in [7, 11) is 0. The van der Waals surface area contributed by atoms with Crippen LogP contribution in [0.5, 0.6) is 0 Å². The van der Waals surface area contributed by atoms with Crippen molar-refractivity contribution in [1.29, 1.82) is 0 Å². The van der Waals surface area contributed by atoms with Crippen LogP contribution >= 0.6 is 11.8 Å². The Balaban J connectivity index is 1.55. The smallest absolute Gasteiger partial charge is 0.217 e. The van der Waals surface area contributed by atoms with Crippen molar-refractivity contribution >= 4 is 22.8 Å². The number of ether oxygens (including phenoxy) is 4. The fraction of sp³-hybridized carbons (Fsp3) is 0.636. The Hall–Kier alpha value is -1.49. The maximum atomic E-state index is 11.7. The highest BCUT2D eigenvalue weighted by molar-refractivity contribution is 8.13. The summed E-state index contributed by atoms with van der Waals surface area (Å²) < 4.78 is 23.7. The van der Waals surface area contributed by atoms with Gasteiger partial charge in [-0.3, -0.25) is 9.59 Å². The monoisotopic (exact) mass is 453 g/mol. The van der Waals surface area contributed by atoms with Gasteiger partial charge in [0.05, 0.1) is 6.61 Å². The average molecular weight is 454 g/mol. The molecular weight excluding hydrogens is 422 g/mol. The molecule has 1 amide bonds. The van der Waals surface area contributed by atoms with Crippen LogP contribution in [0.1, 0.15) is 45.0 Å². The van der Waals surface area contributed by atoms with Crippen LogP contribution < -0.4 is 5.32 Å². The number of nitrogens with one attached hydrogen (secondary N) is 1. The van der Waals surface area contributed by atoms with Gasteiger partial charge in [-0.15, -0.1) is 0 Å². The van der Waals surface area contributed by atoms with Crippen molar-refractivity contribution < 1.29 is 33.6 Å². The van der Waals surface area contributed by atoms with Gasteiger partial charge in [-0.1, -0.05) is 48.5 Å². The first-order chi connectivity index (χ1) is 15.0. The molecular formula is C22H31NO7S. The molecule has 3 unspecified atom stereocenters. The number of benzene rings is 1. The Morgan fingerprint density at radius 2 is 1.94 bits per heavy atom. The molecule has 0 spiro atoms. The highest BCUT2D eigenvalue weighted by Gasteiger charge is 2.50. The van der Waals surface area contributed by atoms with Crippen molar-refractivity contribution in [3.8, 4) is 0 Å². The van der Waals surface area contributed by atoms with Crippen LogP contribution in [0.3, 0.4) is 0 Å². The van der Waals surface area contributed by atoms with Gasteiger partial charge in [-0.25, -0.2) is 0 Å². The molecule has 172 valence electrons. The minimum absolute atomic E-state index is 0.125. The summed E-state index contributed by atoms with van der Waals surface area (Å²) in [6.45, 7) is 3.62. The third-order valence-electron chi connectivity index (χ3n) is 5.18. The number of thioether (sulfide) groups is 1. The first-order valence-corrected chi connectivity index (χ1v) is 11.6. The van der Waals surface area contributed by atoms with Gasteiger partial charge in [0.25, 0.3) is 0 Å². The summed E-state index contributed by atoms with van der Waals surface area (Å²) in [5.41, 5.74) is 0.852. The molecule has 0 bridgehead atoms. The zero-order chi connectivity index (χ0) is 22.2. The largest absolute Gasteiger partial charge is 0.388 e. The Labute approximate surface area is 187 Å². The molecule has 0 saturated carbocycles. The molecule has 2 aliphatic heterocycles. The topological polar surface area (TPSA) is 103 Å². The van der Waals surface area contributed by atoms with E-state index >= 15 is 0 Å². The van der Waals surface area contributed by atoms with Crippen molar-refractivity contribution in [2.24, 2.45) is 0 Å². The lowest BCUT2D eigenvalue weighted by Gasteiger charge is -2.47. The molecule has 3 rings (SSSR count). The van der Waals surface area contributed by atoms with E-state index < -0.39 is 36.9 Å². The van der Waals surface area contributed by atoms with E-state index in [4.69, 9.17) is 18.9 Å². The fourth-order valence-corrected chi connectivity index (χ4v) is 4.33. The van der Waals surface area contributed by atoms with Gasteiger partial charge in [0.1, 0.15) is 24.4 Å². The van der Waals surface area contributed by atoms with Crippen LogP contribution in [0.4, 0.5) is 0 Å². The van der Waals surface area contributed by atoms with Crippen molar-refractivity contribution in [2.45, 2.75) is 70.0 Å². The molecule has 2 heterocycles. The Bertz CT molecular complexity index is 719. The van der Waals surface area contributed by atoms with Crippen molar-refractivity contribution in [3.63, 3.8) is 0 Å². The fourth-order valence-electron chi connectivity index (χ4n) is 3.70. The molecule has 2 saturated heterocycles. The number of unbranched alkanes of at least 4 members (excludes halogenated alkanes) is 2. The lowest BCUT2D eigenvalue weighted by Crippen LogP contribution is -2.66. The third kappa shape index (κ3) is 7.00. The summed E-state index contributed by atoms with van der Waals surface area (Å²) >= 11 is 1.32. The van der Waals surface area contributed by atoms with Crippen molar-refractivity contribution in [3.05, 3.63) is 35.9 Å². The summed E-state index contributed by atoms with van der Waals surface area (Å²) in [5, 5.41) is 13.9. The number of aliphatic hydroxyl groups is 1. The number of hydrogen-bond acceptors (Lipinski definition) is 8. The normalized spacial score (nSPS) is 30.4. The van der Waals surface area contributed by atoms with E-state index in [2.05, 4.69) is 5.32 Å². The standard InChI is InChI=1S/C22H31NO7S/c1-14(24)23-18-19(26)20-17(13-28-21(30-20)16-9-5-3-6-10-16)29-22(18)27-11-7-4-8-12-31-15(2)25/h3,5-6,9-10,17-22,26H,4,7-8,11-13H2,1-2H3,(H,23,24)/t17?,18-,19?,20-,21?,22-/m0/s1. The first-order valence-electron chi connectivity index (χ1n) is 10.6. The molecule has 6 atom stereocenters. The second-order valence-electron chi connectivity index (χ2n) is 7.71. The number of aliphatic hydroxyl groups excluding tert-OH is 1. The second kappa shape index (κ2) is 11.9. The summed E-state index contributed by atoms with van der Waals surface area (Å²) in [4.78, 5) is 22.7. The maximum absolute atomic E-state index is 11.7. The van der Waals surface area contributed by atoms with E-state index in [1.54, 1.807) is 6.92 Å². The molecule has 1 aromatic rings. The number of fused-ring (bicyclic) bond motifs is 1. The molecule has 2 fully saturated rings. The van der Waals surface area contributed by atoms with Crippen LogP contribution in [0.2, 0.25) is 0 Å². The van der Waals surface area contributed by atoms with Gasteiger partial charge in [-0.05, 0) is 12.8 Å². The van der Waals surface area contributed by atoms with Gasteiger partial charge < -0.3 is 29.4 Å². The quantitative estimate of drug-likeness (QED) is 0.549. The van der Waals surface area contributed by atoms with Crippen LogP contribution in [0, 0.1) is 0 Å². The van der Waals surface area contributed by atoms with Crippen LogP contribution in [0.15, 0.2) is 30.3 Å². The number of carbonyl (C=O) groups is 2. The Kier molecular flexibility index (Phi) is 9.30. The highest BCUT2D eigenvalue weighted by Crippen LogP contribution is 2.34. The summed E-state index contributed by atoms with van der Waals surface area (Å²) in [5.74, 6) is 0.511. The van der Waals surface area contributed by atoms with Gasteiger partial charge in [0.15, 0.2) is 17.7 Å². The van der Waals surface area contributed by atoms with E-state index in [9.17, 15) is 14.7 Å². The zero-order valence-corrected chi connectivity index (χ0v) is 18.7. The minimum atomic E-state index is -1.00. The molecule has 0 aliphatic carbocycles. The SMILES string of the molecule is CC(=O)N[C@H]1C(O)[C@H]2OC(c3ccccc3)OCC2O[C@@H]1OCCCCCSC(C)=O. The second-order valence-corrected chi connectivity index (χ2v) is 8.98. The van der Waals surface area contributed by atoms with Crippen LogP contribution in [-0.2, 0) is 28.5 Å². The van der Waals surface area contributed by atoms with Crippen LogP contribution in [0.25, 0.3) is 0 Å². The molecule has 2 aliphatic rings. The lowest BCUT2D eigenvalue weighted by molar-refractivity contribution is -0.344. The number of hydrogen-bond donors (Lipinski definition) is 2. The molecule has 31 heavy (non-hydrogen) atoms. The molecule has 8 nitrogen and oxygen atoms in total. The molecule has 0 radical (unpaired) electrons. The number of carbonyl (C=O) groups excluding carboxylic acids is 2. The zero-order valence-electron chi connectivity index (χ0n) is 17.9. The number of amides is 1. The third-order valence-corrected chi connectivity index (χ3v) is 6.08. The predicted molar refractivity (Wildman–Crippen MR) is 115 cm³/mol.